The SMILES string of the molecule is CC(=O)Nc1ccc(S[C@@H](C)C(=O)N[C@H](C)c2ccc(F)cc2)cc1. The molecule has 2 amide bonds. The molecule has 0 aliphatic rings. The molecular formula is C19H21FN2O2S. The third-order valence-corrected chi connectivity index (χ3v) is 4.70. The molecule has 0 saturated heterocycles. The van der Waals surface area contributed by atoms with Gasteiger partial charge < -0.3 is 10.6 Å². The van der Waals surface area contributed by atoms with Gasteiger partial charge >= 0.3 is 0 Å². The van der Waals surface area contributed by atoms with Crippen LogP contribution in [0.15, 0.2) is 53.4 Å². The highest BCUT2D eigenvalue weighted by atomic mass is 32.2. The highest BCUT2D eigenvalue weighted by Crippen LogP contribution is 2.25. The molecule has 0 radical (unpaired) electrons. The molecule has 132 valence electrons. The Balaban J connectivity index is 1.91. The maximum atomic E-state index is 13.0. The van der Waals surface area contributed by atoms with Gasteiger partial charge in [0.2, 0.25) is 11.8 Å². The molecule has 2 aromatic rings. The van der Waals surface area contributed by atoms with Gasteiger partial charge in [-0.25, -0.2) is 4.39 Å². The van der Waals surface area contributed by atoms with E-state index in [9.17, 15) is 14.0 Å². The summed E-state index contributed by atoms with van der Waals surface area (Å²) in [6, 6.07) is 13.2. The van der Waals surface area contributed by atoms with E-state index in [2.05, 4.69) is 10.6 Å². The van der Waals surface area contributed by atoms with Crippen molar-refractivity contribution in [1.29, 1.82) is 0 Å². The summed E-state index contributed by atoms with van der Waals surface area (Å²) < 4.78 is 13.0. The van der Waals surface area contributed by atoms with Crippen molar-refractivity contribution >= 4 is 29.3 Å². The van der Waals surface area contributed by atoms with Crippen LogP contribution in [0, 0.1) is 5.82 Å². The zero-order valence-corrected chi connectivity index (χ0v) is 15.2. The summed E-state index contributed by atoms with van der Waals surface area (Å²) in [4.78, 5) is 24.3. The number of thioether (sulfide) groups is 1. The molecule has 4 nitrogen and oxygen atoms in total. The first kappa shape index (κ1) is 19.0. The zero-order valence-electron chi connectivity index (χ0n) is 14.4. The number of carbonyl (C=O) groups is 2. The Morgan fingerprint density at radius 2 is 1.60 bits per heavy atom. The van der Waals surface area contributed by atoms with Crippen molar-refractivity contribution in [2.24, 2.45) is 0 Å². The summed E-state index contributed by atoms with van der Waals surface area (Å²) in [7, 11) is 0. The van der Waals surface area contributed by atoms with E-state index in [1.807, 2.05) is 26.0 Å². The average Bonchev–Trinajstić information content (AvgIpc) is 2.56. The topological polar surface area (TPSA) is 58.2 Å². The fourth-order valence-corrected chi connectivity index (χ4v) is 3.12. The second kappa shape index (κ2) is 8.67. The lowest BCUT2D eigenvalue weighted by atomic mass is 10.1. The monoisotopic (exact) mass is 360 g/mol. The molecule has 0 heterocycles. The van der Waals surface area contributed by atoms with Crippen molar-refractivity contribution in [2.75, 3.05) is 5.32 Å². The molecular weight excluding hydrogens is 339 g/mol. The molecule has 2 N–H and O–H groups in total. The number of nitrogens with one attached hydrogen (secondary N) is 2. The molecule has 2 atom stereocenters. The van der Waals surface area contributed by atoms with Crippen LogP contribution in [0.4, 0.5) is 10.1 Å². The van der Waals surface area contributed by atoms with E-state index in [4.69, 9.17) is 0 Å². The molecule has 6 heteroatoms. The maximum absolute atomic E-state index is 13.0. The van der Waals surface area contributed by atoms with Crippen molar-refractivity contribution < 1.29 is 14.0 Å². The number of benzene rings is 2. The minimum atomic E-state index is -0.297. The average molecular weight is 360 g/mol. The van der Waals surface area contributed by atoms with E-state index in [-0.39, 0.29) is 28.9 Å². The second-order valence-electron chi connectivity index (χ2n) is 5.75. The van der Waals surface area contributed by atoms with Gasteiger partial charge in [-0.1, -0.05) is 12.1 Å². The number of carbonyl (C=O) groups excluding carboxylic acids is 2. The fourth-order valence-electron chi connectivity index (χ4n) is 2.24. The second-order valence-corrected chi connectivity index (χ2v) is 7.16. The Labute approximate surface area is 151 Å². The van der Waals surface area contributed by atoms with Crippen LogP contribution in [0.2, 0.25) is 0 Å². The first-order chi connectivity index (χ1) is 11.8. The molecule has 2 rings (SSSR count). The third kappa shape index (κ3) is 5.90. The summed E-state index contributed by atoms with van der Waals surface area (Å²) in [5.74, 6) is -0.510. The quantitative estimate of drug-likeness (QED) is 0.761. The summed E-state index contributed by atoms with van der Waals surface area (Å²) in [6.45, 7) is 5.15. The Morgan fingerprint density at radius 1 is 1.00 bits per heavy atom. The van der Waals surface area contributed by atoms with Gasteiger partial charge in [0.15, 0.2) is 0 Å². The summed E-state index contributed by atoms with van der Waals surface area (Å²) in [5, 5.41) is 5.35. The smallest absolute Gasteiger partial charge is 0.233 e. The molecule has 2 aromatic carbocycles. The van der Waals surface area contributed by atoms with Crippen molar-refractivity contribution in [1.82, 2.24) is 5.32 Å². The highest BCUT2D eigenvalue weighted by Gasteiger charge is 2.17. The lowest BCUT2D eigenvalue weighted by Crippen LogP contribution is -2.33. The third-order valence-electron chi connectivity index (χ3n) is 3.59. The Bertz CT molecular complexity index is 732. The van der Waals surface area contributed by atoms with Gasteiger partial charge in [-0.2, -0.15) is 0 Å². The molecule has 0 spiro atoms. The first-order valence-electron chi connectivity index (χ1n) is 7.95. The van der Waals surface area contributed by atoms with Crippen LogP contribution in [-0.4, -0.2) is 17.1 Å². The Kier molecular flexibility index (Phi) is 6.58. The van der Waals surface area contributed by atoms with Gasteiger partial charge in [0.1, 0.15) is 5.82 Å². The van der Waals surface area contributed by atoms with Gasteiger partial charge in [-0.15, -0.1) is 11.8 Å². The zero-order chi connectivity index (χ0) is 18.4. The Morgan fingerprint density at radius 3 is 2.16 bits per heavy atom. The van der Waals surface area contributed by atoms with Gasteiger partial charge in [0.05, 0.1) is 11.3 Å². The lowest BCUT2D eigenvalue weighted by molar-refractivity contribution is -0.121. The van der Waals surface area contributed by atoms with Crippen LogP contribution in [-0.2, 0) is 9.59 Å². The van der Waals surface area contributed by atoms with Crippen LogP contribution in [0.3, 0.4) is 0 Å². The predicted octanol–water partition coefficient (Wildman–Crippen LogP) is 4.14. The van der Waals surface area contributed by atoms with E-state index < -0.39 is 0 Å². The van der Waals surface area contributed by atoms with E-state index in [1.54, 1.807) is 24.3 Å². The van der Waals surface area contributed by atoms with Crippen LogP contribution >= 0.6 is 11.8 Å². The molecule has 0 saturated carbocycles. The fraction of sp³-hybridized carbons (Fsp3) is 0.263. The number of halogens is 1. The van der Waals surface area contributed by atoms with Crippen molar-refractivity contribution in [3.63, 3.8) is 0 Å². The van der Waals surface area contributed by atoms with Crippen molar-refractivity contribution in [2.45, 2.75) is 37.0 Å². The van der Waals surface area contributed by atoms with E-state index in [1.165, 1.54) is 30.8 Å². The van der Waals surface area contributed by atoms with Gasteiger partial charge in [0.25, 0.3) is 0 Å². The molecule has 25 heavy (non-hydrogen) atoms. The molecule has 0 fully saturated rings. The molecule has 0 aliphatic carbocycles. The van der Waals surface area contributed by atoms with Gasteiger partial charge in [-0.3, -0.25) is 9.59 Å². The summed E-state index contributed by atoms with van der Waals surface area (Å²) >= 11 is 1.43. The van der Waals surface area contributed by atoms with Crippen LogP contribution in [0.5, 0.6) is 0 Å². The number of hydrogen-bond acceptors (Lipinski definition) is 3. The Hall–Kier alpha value is -2.34. The van der Waals surface area contributed by atoms with E-state index >= 15 is 0 Å². The molecule has 0 aromatic heterocycles. The van der Waals surface area contributed by atoms with Crippen molar-refractivity contribution in [3.8, 4) is 0 Å². The predicted molar refractivity (Wildman–Crippen MR) is 99.0 cm³/mol. The number of anilines is 1. The molecule has 0 aliphatic heterocycles. The molecule has 0 bridgehead atoms. The lowest BCUT2D eigenvalue weighted by Gasteiger charge is -2.18. The number of hydrogen-bond donors (Lipinski definition) is 2. The first-order valence-corrected chi connectivity index (χ1v) is 8.83. The highest BCUT2D eigenvalue weighted by molar-refractivity contribution is 8.00. The maximum Gasteiger partial charge on any atom is 0.233 e. The van der Waals surface area contributed by atoms with E-state index in [0.29, 0.717) is 0 Å². The van der Waals surface area contributed by atoms with Crippen LogP contribution < -0.4 is 10.6 Å². The largest absolute Gasteiger partial charge is 0.349 e. The van der Waals surface area contributed by atoms with Crippen LogP contribution in [0.1, 0.15) is 32.4 Å². The standard InChI is InChI=1S/C19H21FN2O2S/c1-12(15-4-6-16(20)7-5-15)21-19(24)13(2)25-18-10-8-17(9-11-18)22-14(3)23/h4-13H,1-3H3,(H,21,24)(H,22,23)/t12-,13+/m1/s1. The van der Waals surface area contributed by atoms with Gasteiger partial charge in [-0.05, 0) is 55.8 Å². The number of rotatable bonds is 6. The van der Waals surface area contributed by atoms with Crippen LogP contribution in [0.25, 0.3) is 0 Å². The number of amides is 2. The molecule has 0 unspecified atom stereocenters. The summed E-state index contributed by atoms with van der Waals surface area (Å²) in [6.07, 6.45) is 0. The minimum Gasteiger partial charge on any atom is -0.349 e. The summed E-state index contributed by atoms with van der Waals surface area (Å²) in [5.41, 5.74) is 1.57. The normalized spacial score (nSPS) is 13.0. The van der Waals surface area contributed by atoms with E-state index in [0.717, 1.165) is 16.1 Å². The van der Waals surface area contributed by atoms with Gasteiger partial charge in [0, 0.05) is 17.5 Å². The van der Waals surface area contributed by atoms with Crippen molar-refractivity contribution in [3.05, 3.63) is 59.9 Å². The minimum absolute atomic E-state index is 0.0900.